The van der Waals surface area contributed by atoms with Crippen molar-refractivity contribution in [1.29, 1.82) is 0 Å². The lowest BCUT2D eigenvalue weighted by atomic mass is 10.1. The van der Waals surface area contributed by atoms with Crippen LogP contribution < -0.4 is 13.8 Å². The van der Waals surface area contributed by atoms with Crippen LogP contribution in [0.15, 0.2) is 42.5 Å². The average Bonchev–Trinajstić information content (AvgIpc) is 3.20. The second-order valence-electron chi connectivity index (χ2n) is 7.59. The maximum Gasteiger partial charge on any atom is 0.243 e. The van der Waals surface area contributed by atoms with Crippen LogP contribution in [0.4, 0.5) is 5.69 Å². The summed E-state index contributed by atoms with van der Waals surface area (Å²) in [6.45, 7) is 3.27. The molecule has 0 aliphatic carbocycles. The second-order valence-corrected chi connectivity index (χ2v) is 9.93. The normalized spacial score (nSPS) is 16.4. The Hall–Kier alpha value is -2.49. The molecule has 1 fully saturated rings. The summed E-state index contributed by atoms with van der Waals surface area (Å²) in [5, 5.41) is 0.502. The molecule has 1 saturated heterocycles. The van der Waals surface area contributed by atoms with Gasteiger partial charge in [-0.05, 0) is 42.0 Å². The van der Waals surface area contributed by atoms with Crippen LogP contribution in [0.2, 0.25) is 5.02 Å². The van der Waals surface area contributed by atoms with E-state index in [0.29, 0.717) is 36.9 Å². The van der Waals surface area contributed by atoms with Crippen LogP contribution in [0.1, 0.15) is 5.56 Å². The first-order chi connectivity index (χ1) is 14.8. The molecule has 2 aliphatic heterocycles. The summed E-state index contributed by atoms with van der Waals surface area (Å²) < 4.78 is 36.4. The van der Waals surface area contributed by atoms with E-state index in [1.165, 1.54) is 0 Å². The zero-order valence-corrected chi connectivity index (χ0v) is 18.7. The molecule has 1 amide bonds. The summed E-state index contributed by atoms with van der Waals surface area (Å²) in [6, 6.07) is 12.3. The monoisotopic (exact) mass is 465 g/mol. The highest BCUT2D eigenvalue weighted by atomic mass is 35.5. The Morgan fingerprint density at radius 2 is 1.71 bits per heavy atom. The van der Waals surface area contributed by atoms with Crippen molar-refractivity contribution < 1.29 is 22.7 Å². The summed E-state index contributed by atoms with van der Waals surface area (Å²) in [6.07, 6.45) is 1.10. The van der Waals surface area contributed by atoms with E-state index in [9.17, 15) is 13.2 Å². The van der Waals surface area contributed by atoms with Crippen molar-refractivity contribution in [1.82, 2.24) is 9.80 Å². The summed E-state index contributed by atoms with van der Waals surface area (Å²) in [4.78, 5) is 16.8. The zero-order valence-electron chi connectivity index (χ0n) is 17.2. The number of fused-ring (bicyclic) bond motifs is 1. The van der Waals surface area contributed by atoms with Crippen molar-refractivity contribution >= 4 is 33.2 Å². The number of sulfonamides is 1. The van der Waals surface area contributed by atoms with Gasteiger partial charge in [-0.25, -0.2) is 8.42 Å². The lowest BCUT2D eigenvalue weighted by Crippen LogP contribution is -2.51. The summed E-state index contributed by atoms with van der Waals surface area (Å²) in [5.41, 5.74) is 1.54. The van der Waals surface area contributed by atoms with Crippen LogP contribution in [0.25, 0.3) is 0 Å². The van der Waals surface area contributed by atoms with Gasteiger partial charge in [0.1, 0.15) is 6.54 Å². The van der Waals surface area contributed by atoms with E-state index in [1.54, 1.807) is 29.2 Å². The van der Waals surface area contributed by atoms with Gasteiger partial charge in [-0.15, -0.1) is 0 Å². The molecule has 0 saturated carbocycles. The minimum atomic E-state index is -3.61. The smallest absolute Gasteiger partial charge is 0.243 e. The summed E-state index contributed by atoms with van der Waals surface area (Å²) in [5.74, 6) is 1.30. The predicted octanol–water partition coefficient (Wildman–Crippen LogP) is 2.18. The molecule has 8 nitrogen and oxygen atoms in total. The Balaban J connectivity index is 1.34. The van der Waals surface area contributed by atoms with Crippen LogP contribution in [0, 0.1) is 0 Å². The molecule has 0 bridgehead atoms. The van der Waals surface area contributed by atoms with Gasteiger partial charge in [-0.3, -0.25) is 14.0 Å². The van der Waals surface area contributed by atoms with Crippen molar-refractivity contribution in [3.05, 3.63) is 53.1 Å². The molecular formula is C21H24ClN3O5S. The standard InChI is InChI=1S/C21H24ClN3O5S/c1-31(27,28)25(18-5-3-17(22)4-6-18)14-21(26)24-10-8-23(9-11-24)13-16-2-7-19-20(12-16)30-15-29-19/h2-7,12H,8-11,13-15H2,1H3. The number of amides is 1. The van der Waals surface area contributed by atoms with E-state index >= 15 is 0 Å². The topological polar surface area (TPSA) is 79.4 Å². The molecule has 31 heavy (non-hydrogen) atoms. The Morgan fingerprint density at radius 3 is 2.39 bits per heavy atom. The van der Waals surface area contributed by atoms with Gasteiger partial charge in [-0.1, -0.05) is 17.7 Å². The number of hydrogen-bond acceptors (Lipinski definition) is 6. The number of hydrogen-bond donors (Lipinski definition) is 0. The molecule has 2 heterocycles. The van der Waals surface area contributed by atoms with Gasteiger partial charge in [0.15, 0.2) is 11.5 Å². The van der Waals surface area contributed by atoms with E-state index in [2.05, 4.69) is 4.90 Å². The van der Waals surface area contributed by atoms with E-state index in [4.69, 9.17) is 21.1 Å². The Bertz CT molecular complexity index is 1050. The fourth-order valence-electron chi connectivity index (χ4n) is 3.68. The minimum absolute atomic E-state index is 0.219. The number of piperazine rings is 1. The fraction of sp³-hybridized carbons (Fsp3) is 0.381. The van der Waals surface area contributed by atoms with Gasteiger partial charge in [-0.2, -0.15) is 0 Å². The molecule has 0 spiro atoms. The molecule has 166 valence electrons. The number of nitrogens with zero attached hydrogens (tertiary/aromatic N) is 3. The summed E-state index contributed by atoms with van der Waals surface area (Å²) >= 11 is 5.90. The molecule has 2 aromatic rings. The van der Waals surface area contributed by atoms with E-state index in [-0.39, 0.29) is 19.2 Å². The molecule has 0 N–H and O–H groups in total. The fourth-order valence-corrected chi connectivity index (χ4v) is 4.66. The minimum Gasteiger partial charge on any atom is -0.454 e. The van der Waals surface area contributed by atoms with Crippen LogP contribution in [-0.2, 0) is 21.4 Å². The van der Waals surface area contributed by atoms with Crippen molar-refractivity contribution in [3.8, 4) is 11.5 Å². The number of anilines is 1. The van der Waals surface area contributed by atoms with E-state index in [0.717, 1.165) is 34.2 Å². The SMILES string of the molecule is CS(=O)(=O)N(CC(=O)N1CCN(Cc2ccc3c(c2)OCO3)CC1)c1ccc(Cl)cc1. The largest absolute Gasteiger partial charge is 0.454 e. The molecule has 0 unspecified atom stereocenters. The number of benzene rings is 2. The molecule has 10 heteroatoms. The summed E-state index contributed by atoms with van der Waals surface area (Å²) in [7, 11) is -3.61. The molecule has 2 aromatic carbocycles. The van der Waals surface area contributed by atoms with Gasteiger partial charge in [0.2, 0.25) is 22.7 Å². The van der Waals surface area contributed by atoms with Gasteiger partial charge >= 0.3 is 0 Å². The molecule has 0 atom stereocenters. The third kappa shape index (κ3) is 5.23. The van der Waals surface area contributed by atoms with Crippen LogP contribution in [-0.4, -0.2) is 69.9 Å². The highest BCUT2D eigenvalue weighted by Crippen LogP contribution is 2.32. The number of halogens is 1. The van der Waals surface area contributed by atoms with Crippen molar-refractivity contribution in [2.75, 3.05) is 50.1 Å². The number of carbonyl (C=O) groups is 1. The first-order valence-electron chi connectivity index (χ1n) is 9.91. The highest BCUT2D eigenvalue weighted by Gasteiger charge is 2.27. The van der Waals surface area contributed by atoms with Crippen LogP contribution in [0.3, 0.4) is 0 Å². The van der Waals surface area contributed by atoms with E-state index < -0.39 is 10.0 Å². The average molecular weight is 466 g/mol. The van der Waals surface area contributed by atoms with Gasteiger partial charge < -0.3 is 14.4 Å². The van der Waals surface area contributed by atoms with Crippen LogP contribution >= 0.6 is 11.6 Å². The number of carbonyl (C=O) groups excluding carboxylic acids is 1. The Morgan fingerprint density at radius 1 is 1.03 bits per heavy atom. The molecule has 4 rings (SSSR count). The maximum atomic E-state index is 12.8. The van der Waals surface area contributed by atoms with Gasteiger partial charge in [0.05, 0.1) is 11.9 Å². The number of ether oxygens (including phenoxy) is 2. The predicted molar refractivity (Wildman–Crippen MR) is 118 cm³/mol. The Labute approximate surface area is 186 Å². The third-order valence-corrected chi connectivity index (χ3v) is 6.75. The highest BCUT2D eigenvalue weighted by molar-refractivity contribution is 7.92. The Kier molecular flexibility index (Phi) is 6.27. The van der Waals surface area contributed by atoms with Crippen molar-refractivity contribution in [2.45, 2.75) is 6.54 Å². The van der Waals surface area contributed by atoms with E-state index in [1.807, 2.05) is 18.2 Å². The quantitative estimate of drug-likeness (QED) is 0.650. The number of rotatable bonds is 6. The van der Waals surface area contributed by atoms with Gasteiger partial charge in [0, 0.05) is 37.7 Å². The molecular weight excluding hydrogens is 442 g/mol. The van der Waals surface area contributed by atoms with Crippen LogP contribution in [0.5, 0.6) is 11.5 Å². The molecule has 0 radical (unpaired) electrons. The van der Waals surface area contributed by atoms with Crippen molar-refractivity contribution in [2.24, 2.45) is 0 Å². The first-order valence-corrected chi connectivity index (χ1v) is 12.1. The second kappa shape index (κ2) is 8.94. The lowest BCUT2D eigenvalue weighted by molar-refractivity contribution is -0.131. The molecule has 2 aliphatic rings. The first kappa shape index (κ1) is 21.7. The zero-order chi connectivity index (χ0) is 22.0. The van der Waals surface area contributed by atoms with Gasteiger partial charge in [0.25, 0.3) is 0 Å². The lowest BCUT2D eigenvalue weighted by Gasteiger charge is -2.35. The molecule has 0 aromatic heterocycles. The third-order valence-electron chi connectivity index (χ3n) is 5.36. The maximum absolute atomic E-state index is 12.8. The van der Waals surface area contributed by atoms with Crippen molar-refractivity contribution in [3.63, 3.8) is 0 Å².